The van der Waals surface area contributed by atoms with Gasteiger partial charge in [-0.2, -0.15) is 0 Å². The van der Waals surface area contributed by atoms with Gasteiger partial charge in [-0.1, -0.05) is 0 Å². The van der Waals surface area contributed by atoms with Crippen molar-refractivity contribution in [2.24, 2.45) is 0 Å². The smallest absolute Gasteiger partial charge is 0.344 e. The largest absolute Gasteiger partial charge is 0.463 e. The van der Waals surface area contributed by atoms with E-state index in [9.17, 15) is 14.4 Å². The van der Waals surface area contributed by atoms with Crippen molar-refractivity contribution >= 4 is 17.9 Å². The summed E-state index contributed by atoms with van der Waals surface area (Å²) >= 11 is 0. The number of carbonyl (C=O) groups is 3. The number of nitrogens with one attached hydrogen (secondary N) is 1. The van der Waals surface area contributed by atoms with Crippen LogP contribution in [0.2, 0.25) is 0 Å². The molecule has 0 radical (unpaired) electrons. The first-order chi connectivity index (χ1) is 10.4. The fraction of sp³-hybridized carbons (Fsp3) is 0.533. The average Bonchev–Trinajstić information content (AvgIpc) is 2.45. The summed E-state index contributed by atoms with van der Waals surface area (Å²) in [4.78, 5) is 35.1. The van der Waals surface area contributed by atoms with Gasteiger partial charge in [-0.15, -0.1) is 0 Å². The Hall–Kier alpha value is -2.31. The molecule has 0 saturated carbocycles. The van der Waals surface area contributed by atoms with Crippen LogP contribution in [0, 0.1) is 0 Å². The molecular formula is C15H21NO6. The molecule has 0 aromatic rings. The minimum atomic E-state index is -0.660. The van der Waals surface area contributed by atoms with Crippen LogP contribution < -0.4 is 5.32 Å². The van der Waals surface area contributed by atoms with Crippen molar-refractivity contribution in [1.82, 2.24) is 5.32 Å². The second-order valence-electron chi connectivity index (χ2n) is 4.61. The highest BCUT2D eigenvalue weighted by atomic mass is 16.6. The molecule has 0 atom stereocenters. The highest BCUT2D eigenvalue weighted by Crippen LogP contribution is 2.24. The van der Waals surface area contributed by atoms with Crippen LogP contribution in [0.1, 0.15) is 34.1 Å². The predicted molar refractivity (Wildman–Crippen MR) is 77.4 cm³/mol. The molecule has 0 spiro atoms. The topological polar surface area (TPSA) is 90.9 Å². The highest BCUT2D eigenvalue weighted by Gasteiger charge is 2.27. The van der Waals surface area contributed by atoms with Crippen molar-refractivity contribution in [3.05, 3.63) is 22.5 Å². The normalized spacial score (nSPS) is 14.4. The number of dihydropyridines is 1. The van der Waals surface area contributed by atoms with E-state index >= 15 is 0 Å². The fourth-order valence-corrected chi connectivity index (χ4v) is 1.96. The number of hydrogen-bond donors (Lipinski definition) is 1. The van der Waals surface area contributed by atoms with E-state index in [1.54, 1.807) is 27.7 Å². The monoisotopic (exact) mass is 311 g/mol. The molecule has 1 rings (SSSR count). The van der Waals surface area contributed by atoms with Gasteiger partial charge in [-0.3, -0.25) is 0 Å². The summed E-state index contributed by atoms with van der Waals surface area (Å²) < 4.78 is 14.5. The number of allylic oxidation sites excluding steroid dienone is 2. The van der Waals surface area contributed by atoms with E-state index in [2.05, 4.69) is 10.1 Å². The summed E-state index contributed by atoms with van der Waals surface area (Å²) in [5, 5.41) is 2.95. The van der Waals surface area contributed by atoms with Crippen molar-refractivity contribution in [3.8, 4) is 0 Å². The molecule has 0 saturated heterocycles. The molecule has 0 aromatic heterocycles. The van der Waals surface area contributed by atoms with Gasteiger partial charge in [0.15, 0.2) is 6.61 Å². The molecule has 0 unspecified atom stereocenters. The van der Waals surface area contributed by atoms with E-state index in [1.807, 2.05) is 0 Å². The molecule has 1 aliphatic heterocycles. The van der Waals surface area contributed by atoms with Crippen LogP contribution in [0.25, 0.3) is 0 Å². The molecule has 1 heterocycles. The van der Waals surface area contributed by atoms with Crippen LogP contribution in [0.3, 0.4) is 0 Å². The average molecular weight is 311 g/mol. The number of esters is 3. The van der Waals surface area contributed by atoms with Gasteiger partial charge in [0, 0.05) is 17.8 Å². The Morgan fingerprint density at radius 2 is 1.41 bits per heavy atom. The van der Waals surface area contributed by atoms with Crippen LogP contribution in [0.5, 0.6) is 0 Å². The summed E-state index contributed by atoms with van der Waals surface area (Å²) in [6.45, 7) is 6.82. The summed E-state index contributed by atoms with van der Waals surface area (Å²) in [6, 6.07) is 0. The number of hydrogen-bond acceptors (Lipinski definition) is 7. The van der Waals surface area contributed by atoms with E-state index < -0.39 is 24.5 Å². The summed E-state index contributed by atoms with van der Waals surface area (Å²) in [5.41, 5.74) is 1.88. The SMILES string of the molecule is CCOC(=O)COC(=O)C1=C(C)NC(C)=C(C(=O)OCC)C1. The first-order valence-electron chi connectivity index (χ1n) is 7.07. The number of carbonyl (C=O) groups excluding carboxylic acids is 3. The Morgan fingerprint density at radius 3 is 1.91 bits per heavy atom. The first kappa shape index (κ1) is 17.7. The van der Waals surface area contributed by atoms with Crippen molar-refractivity contribution in [2.75, 3.05) is 19.8 Å². The molecule has 22 heavy (non-hydrogen) atoms. The van der Waals surface area contributed by atoms with Gasteiger partial charge in [-0.25, -0.2) is 14.4 Å². The summed E-state index contributed by atoms with van der Waals surface area (Å²) in [6.07, 6.45) is 0.102. The van der Waals surface area contributed by atoms with Crippen LogP contribution in [0.4, 0.5) is 0 Å². The maximum Gasteiger partial charge on any atom is 0.344 e. The number of rotatable bonds is 6. The molecule has 1 aliphatic rings. The van der Waals surface area contributed by atoms with E-state index in [0.29, 0.717) is 17.0 Å². The van der Waals surface area contributed by atoms with Crippen molar-refractivity contribution in [3.63, 3.8) is 0 Å². The van der Waals surface area contributed by atoms with Gasteiger partial charge in [0.05, 0.1) is 24.4 Å². The minimum absolute atomic E-state index is 0.102. The van der Waals surface area contributed by atoms with Crippen LogP contribution in [-0.4, -0.2) is 37.7 Å². The maximum atomic E-state index is 12.0. The van der Waals surface area contributed by atoms with E-state index in [1.165, 1.54) is 0 Å². The maximum absolute atomic E-state index is 12.0. The van der Waals surface area contributed by atoms with Gasteiger partial charge >= 0.3 is 17.9 Å². The number of ether oxygens (including phenoxy) is 3. The second-order valence-corrected chi connectivity index (χ2v) is 4.61. The van der Waals surface area contributed by atoms with Crippen LogP contribution >= 0.6 is 0 Å². The lowest BCUT2D eigenvalue weighted by Crippen LogP contribution is -2.27. The molecule has 0 amide bonds. The molecular weight excluding hydrogens is 290 g/mol. The molecule has 0 aliphatic carbocycles. The molecule has 7 heteroatoms. The summed E-state index contributed by atoms with van der Waals surface area (Å²) in [5.74, 6) is -1.75. The molecule has 0 fully saturated rings. The quantitative estimate of drug-likeness (QED) is 0.582. The Labute approximate surface area is 129 Å². The van der Waals surface area contributed by atoms with Crippen molar-refractivity contribution < 1.29 is 28.6 Å². The van der Waals surface area contributed by atoms with Crippen molar-refractivity contribution in [1.29, 1.82) is 0 Å². The van der Waals surface area contributed by atoms with Gasteiger partial charge in [0.2, 0.25) is 0 Å². The lowest BCUT2D eigenvalue weighted by atomic mass is 9.98. The van der Waals surface area contributed by atoms with Gasteiger partial charge < -0.3 is 19.5 Å². The second kappa shape index (κ2) is 8.21. The van der Waals surface area contributed by atoms with Gasteiger partial charge in [0.1, 0.15) is 0 Å². The van der Waals surface area contributed by atoms with Gasteiger partial charge in [-0.05, 0) is 27.7 Å². The van der Waals surface area contributed by atoms with E-state index in [-0.39, 0.29) is 25.2 Å². The Kier molecular flexibility index (Phi) is 6.62. The predicted octanol–water partition coefficient (Wildman–Crippen LogP) is 1.20. The third-order valence-electron chi connectivity index (χ3n) is 3.03. The zero-order chi connectivity index (χ0) is 16.7. The standard InChI is InChI=1S/C15H21NO6/c1-5-20-13(17)8-22-15(19)12-7-11(14(18)21-6-2)9(3)16-10(12)4/h16H,5-8H2,1-4H3. The molecule has 1 N–H and O–H groups in total. The van der Waals surface area contributed by atoms with Gasteiger partial charge in [0.25, 0.3) is 0 Å². The molecule has 0 bridgehead atoms. The molecule has 122 valence electrons. The van der Waals surface area contributed by atoms with E-state index in [4.69, 9.17) is 9.47 Å². The van der Waals surface area contributed by atoms with Crippen LogP contribution in [-0.2, 0) is 28.6 Å². The first-order valence-corrected chi connectivity index (χ1v) is 7.07. The third kappa shape index (κ3) is 4.61. The Morgan fingerprint density at radius 1 is 0.909 bits per heavy atom. The fourth-order valence-electron chi connectivity index (χ4n) is 1.96. The highest BCUT2D eigenvalue weighted by molar-refractivity contribution is 5.97. The summed E-state index contributed by atoms with van der Waals surface area (Å²) in [7, 11) is 0. The lowest BCUT2D eigenvalue weighted by Gasteiger charge is -2.22. The Bertz CT molecular complexity index is 532. The van der Waals surface area contributed by atoms with Crippen LogP contribution in [0.15, 0.2) is 22.5 Å². The van der Waals surface area contributed by atoms with Crippen molar-refractivity contribution in [2.45, 2.75) is 34.1 Å². The Balaban J connectivity index is 2.74. The zero-order valence-electron chi connectivity index (χ0n) is 13.3. The molecule has 7 nitrogen and oxygen atoms in total. The van der Waals surface area contributed by atoms with E-state index in [0.717, 1.165) is 0 Å². The zero-order valence-corrected chi connectivity index (χ0v) is 13.3. The minimum Gasteiger partial charge on any atom is -0.463 e. The third-order valence-corrected chi connectivity index (χ3v) is 3.03. The molecule has 0 aromatic carbocycles. The lowest BCUT2D eigenvalue weighted by molar-refractivity contribution is -0.156.